The molecule has 366 valence electrons. The van der Waals surface area contributed by atoms with E-state index in [4.69, 9.17) is 9.47 Å². The van der Waals surface area contributed by atoms with Crippen molar-refractivity contribution >= 4 is 51.9 Å². The molecule has 6 heterocycles. The molecule has 7 rings (SSSR count). The molecule has 1 aliphatic heterocycles. The summed E-state index contributed by atoms with van der Waals surface area (Å²) >= 11 is 1.58. The van der Waals surface area contributed by atoms with Gasteiger partial charge in [-0.3, -0.25) is 23.9 Å². The average molecular weight is 969 g/mol. The van der Waals surface area contributed by atoms with Crippen molar-refractivity contribution in [2.45, 2.75) is 85.0 Å². The number of carbonyl (C=O) groups excluding carboxylic acids is 4. The lowest BCUT2D eigenvalue weighted by Gasteiger charge is -2.35. The molecule has 3 atom stereocenters. The number of H-pyrrole nitrogens is 1. The molecule has 6 aromatic rings. The van der Waals surface area contributed by atoms with Crippen molar-refractivity contribution in [1.82, 2.24) is 55.6 Å². The van der Waals surface area contributed by atoms with Gasteiger partial charge in [0.1, 0.15) is 36.6 Å². The van der Waals surface area contributed by atoms with Crippen LogP contribution < -0.4 is 21.3 Å². The van der Waals surface area contributed by atoms with Crippen LogP contribution in [0.1, 0.15) is 64.3 Å². The van der Waals surface area contributed by atoms with Gasteiger partial charge in [-0.2, -0.15) is 5.10 Å². The Morgan fingerprint density at radius 2 is 1.75 bits per heavy atom. The smallest absolute Gasteiger partial charge is 0.257 e. The number of hydrogen-bond donors (Lipinski definition) is 5. The maximum atomic E-state index is 14.0. The second-order valence-corrected chi connectivity index (χ2v) is 18.6. The molecule has 18 nitrogen and oxygen atoms in total. The number of ether oxygens (including phenoxy) is 2. The van der Waals surface area contributed by atoms with Crippen LogP contribution in [0.5, 0.6) is 0 Å². The van der Waals surface area contributed by atoms with E-state index < -0.39 is 36.4 Å². The number of aryl methyl sites for hydroxylation is 1. The van der Waals surface area contributed by atoms with Gasteiger partial charge < -0.3 is 40.6 Å². The van der Waals surface area contributed by atoms with Gasteiger partial charge in [-0.1, -0.05) is 45.0 Å². The first-order valence-electron chi connectivity index (χ1n) is 22.8. The summed E-state index contributed by atoms with van der Waals surface area (Å²) in [5.41, 5.74) is 6.88. The zero-order chi connectivity index (χ0) is 49.1. The molecule has 1 aromatic carbocycles. The molecular formula is C48H58F2N12O6S. The number of aromatic amines is 1. The fourth-order valence-electron chi connectivity index (χ4n) is 7.96. The highest BCUT2D eigenvalue weighted by Gasteiger charge is 2.42. The number of hydrogen-bond acceptors (Lipinski definition) is 13. The molecule has 1 saturated heterocycles. The number of nitrogens with one attached hydrogen (secondary N) is 5. The van der Waals surface area contributed by atoms with E-state index in [1.54, 1.807) is 34.7 Å². The SMILES string of the molecule is Cc1ncsc1-c1ccc([C@H](C)NC(=O)[C@@H]2CCCN2C(=O)[C@H](NC(=O)COCCOCCNC(=O)CCNc2nccc(-c3cn(CC(F)F)nc3-c3cnc4[nH]ccc4c3)n2)C(C)(C)C)cc1. The van der Waals surface area contributed by atoms with Crippen LogP contribution in [-0.2, 0) is 35.2 Å². The number of alkyl halides is 2. The number of carbonyl (C=O) groups is 4. The van der Waals surface area contributed by atoms with Gasteiger partial charge in [0.25, 0.3) is 6.43 Å². The van der Waals surface area contributed by atoms with Crippen LogP contribution >= 0.6 is 11.3 Å². The molecule has 69 heavy (non-hydrogen) atoms. The molecule has 4 amide bonds. The van der Waals surface area contributed by atoms with Crippen molar-refractivity contribution in [3.05, 3.63) is 84.0 Å². The van der Waals surface area contributed by atoms with Crippen LogP contribution in [0, 0.1) is 12.3 Å². The number of amides is 4. The van der Waals surface area contributed by atoms with Gasteiger partial charge in [0, 0.05) is 67.4 Å². The number of benzene rings is 1. The maximum Gasteiger partial charge on any atom is 0.257 e. The average Bonchev–Trinajstić information content (AvgIpc) is 4.16. The number of fused-ring (bicyclic) bond motifs is 1. The summed E-state index contributed by atoms with van der Waals surface area (Å²) in [5.74, 6) is -1.02. The van der Waals surface area contributed by atoms with Crippen molar-refractivity contribution in [1.29, 1.82) is 0 Å². The molecule has 0 bridgehead atoms. The molecule has 0 aliphatic carbocycles. The Hall–Kier alpha value is -6.71. The van der Waals surface area contributed by atoms with Crippen LogP contribution in [0.2, 0.25) is 0 Å². The van der Waals surface area contributed by atoms with Crippen LogP contribution in [-0.4, -0.2) is 128 Å². The summed E-state index contributed by atoms with van der Waals surface area (Å²) in [7, 11) is 0. The fraction of sp³-hybridized carbons (Fsp3) is 0.438. The van der Waals surface area contributed by atoms with E-state index in [2.05, 4.69) is 51.3 Å². The molecule has 1 fully saturated rings. The summed E-state index contributed by atoms with van der Waals surface area (Å²) in [4.78, 5) is 76.4. The van der Waals surface area contributed by atoms with Crippen LogP contribution in [0.15, 0.2) is 72.8 Å². The summed E-state index contributed by atoms with van der Waals surface area (Å²) < 4.78 is 38.9. The van der Waals surface area contributed by atoms with Crippen molar-refractivity contribution in [2.75, 3.05) is 51.4 Å². The Morgan fingerprint density at radius 1 is 0.957 bits per heavy atom. The molecule has 5 N–H and O–H groups in total. The number of likely N-dealkylation sites (tertiary alicyclic amines) is 1. The number of anilines is 1. The summed E-state index contributed by atoms with van der Waals surface area (Å²) in [5, 5.41) is 17.0. The van der Waals surface area contributed by atoms with E-state index >= 15 is 0 Å². The molecule has 21 heteroatoms. The first-order valence-corrected chi connectivity index (χ1v) is 23.7. The number of aromatic nitrogens is 7. The van der Waals surface area contributed by atoms with Gasteiger partial charge in [0.15, 0.2) is 0 Å². The van der Waals surface area contributed by atoms with Crippen molar-refractivity contribution in [3.8, 4) is 33.0 Å². The van der Waals surface area contributed by atoms with Gasteiger partial charge in [0.2, 0.25) is 29.6 Å². The number of pyridine rings is 1. The van der Waals surface area contributed by atoms with Gasteiger partial charge in [-0.25, -0.2) is 28.7 Å². The standard InChI is InChI=1S/C48H58F2N12O6S/c1-29(31-8-10-32(11-9-31)42-30(2)56-28-69-42)57-45(65)37-7-6-19-62(37)46(66)43(48(3,4)5)59-40(64)27-68-22-21-67-20-18-51-39(63)14-17-54-47-53-16-13-36(58-47)35-25-61(26-38(49)50)60-41(35)34-23-33-12-15-52-44(33)55-24-34/h8-13,15-16,23-25,28-29,37-38,43H,6-7,14,17-22,26-27H2,1-5H3,(H,51,63)(H,52,55)(H,57,65)(H,59,64)(H,53,54,58)/t29-,37-,43-/m0/s1. The molecule has 5 aromatic heterocycles. The van der Waals surface area contributed by atoms with E-state index in [0.29, 0.717) is 47.5 Å². The minimum Gasteiger partial charge on any atom is -0.377 e. The predicted molar refractivity (Wildman–Crippen MR) is 257 cm³/mol. The quantitative estimate of drug-likeness (QED) is 0.0500. The maximum absolute atomic E-state index is 14.0. The molecular weight excluding hydrogens is 911 g/mol. The largest absolute Gasteiger partial charge is 0.377 e. The van der Waals surface area contributed by atoms with Gasteiger partial charge >= 0.3 is 0 Å². The predicted octanol–water partition coefficient (Wildman–Crippen LogP) is 5.93. The van der Waals surface area contributed by atoms with Crippen LogP contribution in [0.4, 0.5) is 14.7 Å². The highest BCUT2D eigenvalue weighted by molar-refractivity contribution is 7.13. The first kappa shape index (κ1) is 50.2. The van der Waals surface area contributed by atoms with Gasteiger partial charge in [-0.15, -0.1) is 11.3 Å². The number of rotatable bonds is 22. The van der Waals surface area contributed by atoms with Crippen molar-refractivity contribution < 1.29 is 37.4 Å². The van der Waals surface area contributed by atoms with E-state index in [1.165, 1.54) is 17.1 Å². The number of nitrogens with zero attached hydrogens (tertiary/aromatic N) is 7. The lowest BCUT2D eigenvalue weighted by atomic mass is 9.85. The Morgan fingerprint density at radius 3 is 2.51 bits per heavy atom. The lowest BCUT2D eigenvalue weighted by Crippen LogP contribution is -2.58. The van der Waals surface area contributed by atoms with E-state index in [-0.39, 0.29) is 75.6 Å². The van der Waals surface area contributed by atoms with Gasteiger partial charge in [0.05, 0.1) is 47.6 Å². The third-order valence-electron chi connectivity index (χ3n) is 11.5. The Kier molecular flexibility index (Phi) is 16.8. The Bertz CT molecular complexity index is 2700. The minimum absolute atomic E-state index is 0.103. The van der Waals surface area contributed by atoms with Crippen LogP contribution in [0.3, 0.4) is 0 Å². The highest BCUT2D eigenvalue weighted by atomic mass is 32.1. The number of halogens is 2. The summed E-state index contributed by atoms with van der Waals surface area (Å²) in [6, 6.07) is 11.6. The summed E-state index contributed by atoms with van der Waals surface area (Å²) in [6.07, 6.45) is 5.13. The molecule has 0 spiro atoms. The molecule has 0 saturated carbocycles. The zero-order valence-corrected chi connectivity index (χ0v) is 40.1. The molecule has 0 unspecified atom stereocenters. The van der Waals surface area contributed by atoms with E-state index in [1.807, 2.05) is 76.5 Å². The second kappa shape index (κ2) is 23.1. The zero-order valence-electron chi connectivity index (χ0n) is 39.3. The molecule has 1 aliphatic rings. The van der Waals surface area contributed by atoms with E-state index in [9.17, 15) is 28.0 Å². The van der Waals surface area contributed by atoms with E-state index in [0.717, 1.165) is 27.1 Å². The Labute approximate surface area is 402 Å². The normalized spacial score (nSPS) is 14.8. The van der Waals surface area contributed by atoms with Crippen molar-refractivity contribution in [2.24, 2.45) is 5.41 Å². The summed E-state index contributed by atoms with van der Waals surface area (Å²) in [6.45, 7) is 9.93. The van der Waals surface area contributed by atoms with Crippen LogP contribution in [0.25, 0.3) is 44.0 Å². The number of thiazole rings is 1. The third kappa shape index (κ3) is 13.3. The Balaban J connectivity index is 0.789. The molecule has 0 radical (unpaired) electrons. The lowest BCUT2D eigenvalue weighted by molar-refractivity contribution is -0.144. The fourth-order valence-corrected chi connectivity index (χ4v) is 8.77. The third-order valence-corrected chi connectivity index (χ3v) is 12.5. The van der Waals surface area contributed by atoms with Gasteiger partial charge in [-0.05, 0) is 61.4 Å². The first-order chi connectivity index (χ1) is 33.1. The topological polar surface area (TPSA) is 223 Å². The second-order valence-electron chi connectivity index (χ2n) is 17.8. The monoisotopic (exact) mass is 968 g/mol. The minimum atomic E-state index is -2.60. The highest BCUT2D eigenvalue weighted by Crippen LogP contribution is 2.33. The van der Waals surface area contributed by atoms with Crippen molar-refractivity contribution in [3.63, 3.8) is 0 Å².